The lowest BCUT2D eigenvalue weighted by atomic mass is 10.1. The van der Waals surface area contributed by atoms with Crippen LogP contribution in [0.1, 0.15) is 12.5 Å². The minimum Gasteiger partial charge on any atom is -0.548 e. The highest BCUT2D eigenvalue weighted by atomic mass is 32.2. The van der Waals surface area contributed by atoms with Crippen molar-refractivity contribution in [1.29, 1.82) is 0 Å². The lowest BCUT2D eigenvalue weighted by Gasteiger charge is -2.23. The smallest absolute Gasteiger partial charge is 0.266 e. The van der Waals surface area contributed by atoms with Crippen molar-refractivity contribution >= 4 is 46.3 Å². The van der Waals surface area contributed by atoms with Crippen LogP contribution in [0.4, 0.5) is 0 Å². The van der Waals surface area contributed by atoms with Gasteiger partial charge in [0.2, 0.25) is 0 Å². The van der Waals surface area contributed by atoms with Crippen LogP contribution < -0.4 is 14.6 Å². The number of rotatable bonds is 5. The van der Waals surface area contributed by atoms with Gasteiger partial charge in [-0.05, 0) is 30.7 Å². The molecule has 2 rings (SSSR count). The van der Waals surface area contributed by atoms with Crippen molar-refractivity contribution in [3.8, 4) is 11.5 Å². The summed E-state index contributed by atoms with van der Waals surface area (Å²) in [7, 11) is 3.05. The first-order chi connectivity index (χ1) is 10.9. The second-order valence-electron chi connectivity index (χ2n) is 4.66. The third kappa shape index (κ3) is 3.48. The van der Waals surface area contributed by atoms with E-state index in [4.69, 9.17) is 21.7 Å². The molecule has 1 amide bonds. The van der Waals surface area contributed by atoms with Crippen LogP contribution in [0.25, 0.3) is 6.08 Å². The van der Waals surface area contributed by atoms with E-state index in [1.165, 1.54) is 21.1 Å². The van der Waals surface area contributed by atoms with Gasteiger partial charge in [0.1, 0.15) is 4.32 Å². The Morgan fingerprint density at radius 2 is 2.00 bits per heavy atom. The van der Waals surface area contributed by atoms with Crippen molar-refractivity contribution in [2.45, 2.75) is 13.0 Å². The second-order valence-corrected chi connectivity index (χ2v) is 6.34. The van der Waals surface area contributed by atoms with E-state index in [0.29, 0.717) is 22.0 Å². The number of nitrogens with zero attached hydrogens (tertiary/aromatic N) is 1. The quantitative estimate of drug-likeness (QED) is 0.579. The molecule has 1 heterocycles. The Hall–Kier alpha value is -2.06. The Balaban J connectivity index is 2.32. The molecule has 6 nitrogen and oxygen atoms in total. The van der Waals surface area contributed by atoms with Crippen LogP contribution in [0.2, 0.25) is 0 Å². The van der Waals surface area contributed by atoms with Gasteiger partial charge in [0.15, 0.2) is 11.5 Å². The number of carboxylic acid groups (broad SMARTS) is 1. The number of methoxy groups -OCH3 is 2. The van der Waals surface area contributed by atoms with Crippen LogP contribution in [-0.4, -0.2) is 41.4 Å². The third-order valence-corrected chi connectivity index (χ3v) is 4.59. The Morgan fingerprint density at radius 1 is 1.35 bits per heavy atom. The van der Waals surface area contributed by atoms with Crippen LogP contribution >= 0.6 is 24.0 Å². The predicted molar refractivity (Wildman–Crippen MR) is 89.0 cm³/mol. The number of thioether (sulfide) groups is 1. The fourth-order valence-corrected chi connectivity index (χ4v) is 3.43. The Bertz CT molecular complexity index is 701. The van der Waals surface area contributed by atoms with Crippen molar-refractivity contribution in [3.63, 3.8) is 0 Å². The van der Waals surface area contributed by atoms with E-state index in [1.807, 2.05) is 0 Å². The van der Waals surface area contributed by atoms with E-state index in [2.05, 4.69) is 0 Å². The van der Waals surface area contributed by atoms with Crippen molar-refractivity contribution < 1.29 is 24.2 Å². The van der Waals surface area contributed by atoms with E-state index in [-0.39, 0.29) is 4.32 Å². The van der Waals surface area contributed by atoms with Gasteiger partial charge >= 0.3 is 0 Å². The minimum absolute atomic E-state index is 0.193. The van der Waals surface area contributed by atoms with Crippen LogP contribution in [-0.2, 0) is 9.59 Å². The van der Waals surface area contributed by atoms with Gasteiger partial charge in [-0.15, -0.1) is 0 Å². The van der Waals surface area contributed by atoms with Crippen molar-refractivity contribution in [1.82, 2.24) is 4.90 Å². The average Bonchev–Trinajstić information content (AvgIpc) is 2.80. The minimum atomic E-state index is -1.35. The summed E-state index contributed by atoms with van der Waals surface area (Å²) in [5, 5.41) is 11.0. The number of amides is 1. The molecule has 1 saturated heterocycles. The van der Waals surface area contributed by atoms with E-state index in [9.17, 15) is 14.7 Å². The molecule has 23 heavy (non-hydrogen) atoms. The zero-order chi connectivity index (χ0) is 17.1. The summed E-state index contributed by atoms with van der Waals surface area (Å²) >= 11 is 6.14. The molecule has 1 aliphatic rings. The molecule has 0 radical (unpaired) electrons. The first-order valence-electron chi connectivity index (χ1n) is 6.59. The molecule has 0 saturated carbocycles. The molecule has 0 aromatic heterocycles. The van der Waals surface area contributed by atoms with Crippen LogP contribution in [0.5, 0.6) is 11.5 Å². The molecule has 1 atom stereocenters. The van der Waals surface area contributed by atoms with Crippen LogP contribution in [0.15, 0.2) is 23.1 Å². The number of aliphatic carboxylic acids is 1. The Labute approximate surface area is 143 Å². The maximum Gasteiger partial charge on any atom is 0.266 e. The van der Waals surface area contributed by atoms with Gasteiger partial charge in [-0.2, -0.15) is 0 Å². The molecule has 0 bridgehead atoms. The molecule has 1 aromatic rings. The Kier molecular flexibility index (Phi) is 5.27. The summed E-state index contributed by atoms with van der Waals surface area (Å²) in [4.78, 5) is 24.7. The molecule has 1 aliphatic heterocycles. The molecule has 0 unspecified atom stereocenters. The molecule has 8 heteroatoms. The predicted octanol–water partition coefficient (Wildman–Crippen LogP) is 1.04. The van der Waals surface area contributed by atoms with Crippen LogP contribution in [0.3, 0.4) is 0 Å². The molecule has 122 valence electrons. The summed E-state index contributed by atoms with van der Waals surface area (Å²) in [6.07, 6.45) is 1.63. The first kappa shape index (κ1) is 17.3. The molecular formula is C15H14NO5S2-. The largest absolute Gasteiger partial charge is 0.548 e. The maximum atomic E-state index is 12.3. The molecule has 0 aliphatic carbocycles. The fraction of sp³-hybridized carbons (Fsp3) is 0.267. The lowest BCUT2D eigenvalue weighted by Crippen LogP contribution is -2.48. The SMILES string of the molecule is COc1ccc(/C=C2/SC(=S)N([C@@H](C)C(=O)[O-])C2=O)cc1OC. The third-order valence-electron chi connectivity index (χ3n) is 3.26. The number of carboxylic acids is 1. The van der Waals surface area contributed by atoms with E-state index in [1.54, 1.807) is 24.3 Å². The number of carbonyl (C=O) groups excluding carboxylic acids is 2. The lowest BCUT2D eigenvalue weighted by molar-refractivity contribution is -0.309. The number of benzene rings is 1. The van der Waals surface area contributed by atoms with Gasteiger partial charge in [0, 0.05) is 0 Å². The number of thiocarbonyl (C=S) groups is 1. The highest BCUT2D eigenvalue weighted by Crippen LogP contribution is 2.35. The normalized spacial score (nSPS) is 17.5. The van der Waals surface area contributed by atoms with Gasteiger partial charge in [0.25, 0.3) is 5.91 Å². The van der Waals surface area contributed by atoms with Crippen molar-refractivity contribution in [2.24, 2.45) is 0 Å². The summed E-state index contributed by atoms with van der Waals surface area (Å²) in [6.45, 7) is 1.36. The van der Waals surface area contributed by atoms with Gasteiger partial charge in [-0.25, -0.2) is 0 Å². The summed E-state index contributed by atoms with van der Waals surface area (Å²) in [5.74, 6) is -0.706. The van der Waals surface area contributed by atoms with Gasteiger partial charge in [-0.3, -0.25) is 9.69 Å². The van der Waals surface area contributed by atoms with Crippen LogP contribution in [0, 0.1) is 0 Å². The van der Waals surface area contributed by atoms with Gasteiger partial charge < -0.3 is 19.4 Å². The topological polar surface area (TPSA) is 78.9 Å². The molecule has 1 fully saturated rings. The first-order valence-corrected chi connectivity index (χ1v) is 7.81. The molecular weight excluding hydrogens is 338 g/mol. The maximum absolute atomic E-state index is 12.3. The number of ether oxygens (including phenoxy) is 2. The molecule has 0 N–H and O–H groups in total. The summed E-state index contributed by atoms with van der Waals surface area (Å²) in [6, 6.07) is 4.08. The fourth-order valence-electron chi connectivity index (χ4n) is 2.01. The Morgan fingerprint density at radius 3 is 2.57 bits per heavy atom. The summed E-state index contributed by atoms with van der Waals surface area (Å²) < 4.78 is 10.6. The number of hydrogen-bond donors (Lipinski definition) is 0. The summed E-state index contributed by atoms with van der Waals surface area (Å²) in [5.41, 5.74) is 0.712. The standard InChI is InChI=1S/C15H15NO5S2/c1-8(14(18)19)16-13(17)12(23-15(16)22)7-9-4-5-10(20-2)11(6-9)21-3/h4-8H,1-3H3,(H,18,19)/p-1/b12-7+/t8-/m0/s1. The monoisotopic (exact) mass is 352 g/mol. The average molecular weight is 352 g/mol. The van der Waals surface area contributed by atoms with Gasteiger partial charge in [-0.1, -0.05) is 30.0 Å². The van der Waals surface area contributed by atoms with E-state index in [0.717, 1.165) is 16.7 Å². The highest BCUT2D eigenvalue weighted by Gasteiger charge is 2.35. The zero-order valence-corrected chi connectivity index (χ0v) is 14.3. The highest BCUT2D eigenvalue weighted by molar-refractivity contribution is 8.26. The zero-order valence-electron chi connectivity index (χ0n) is 12.7. The number of carbonyl (C=O) groups is 2. The van der Waals surface area contributed by atoms with Gasteiger partial charge in [0.05, 0.1) is 31.1 Å². The molecule has 1 aromatic carbocycles. The van der Waals surface area contributed by atoms with Crippen molar-refractivity contribution in [2.75, 3.05) is 14.2 Å². The molecule has 0 spiro atoms. The van der Waals surface area contributed by atoms with E-state index >= 15 is 0 Å². The number of hydrogen-bond acceptors (Lipinski definition) is 7. The van der Waals surface area contributed by atoms with E-state index < -0.39 is 17.9 Å². The second kappa shape index (κ2) is 7.01. The van der Waals surface area contributed by atoms with Crippen molar-refractivity contribution in [3.05, 3.63) is 28.7 Å².